The second-order valence-electron chi connectivity index (χ2n) is 3.68. The smallest absolute Gasteiger partial charge is 0.450 e. The Morgan fingerprint density at radius 1 is 1.06 bits per heavy atom. The molecule has 0 saturated carbocycles. The highest BCUT2D eigenvalue weighted by Gasteiger charge is 2.22. The summed E-state index contributed by atoms with van der Waals surface area (Å²) in [6.45, 7) is 4.54. The molecule has 17 heavy (non-hydrogen) atoms. The van der Waals surface area contributed by atoms with Crippen LogP contribution < -0.4 is 0 Å². The molecule has 0 amide bonds. The molecule has 0 radical (unpaired) electrons. The molecule has 0 saturated heterocycles. The maximum absolute atomic E-state index is 9.28. The quantitative estimate of drug-likeness (QED) is 0.390. The van der Waals surface area contributed by atoms with Crippen LogP contribution in [0.25, 0.3) is 0 Å². The van der Waals surface area contributed by atoms with Crippen LogP contribution in [-0.4, -0.2) is 39.2 Å². The molecule has 0 aromatic rings. The molecule has 6 nitrogen and oxygen atoms in total. The summed E-state index contributed by atoms with van der Waals surface area (Å²) >= 11 is 0. The van der Waals surface area contributed by atoms with Crippen LogP contribution in [0, 0.1) is 0 Å². The maximum atomic E-state index is 9.28. The minimum atomic E-state index is -1.90. The van der Waals surface area contributed by atoms with Gasteiger partial charge in [-0.1, -0.05) is 33.1 Å². The molecule has 0 heterocycles. The van der Waals surface area contributed by atoms with E-state index in [1.165, 1.54) is 0 Å². The second-order valence-corrected chi connectivity index (χ2v) is 3.68. The SMILES string of the molecule is CCCCCOC(O)(O)CCCC.O=C(O)O. The molecule has 0 bridgehead atoms. The van der Waals surface area contributed by atoms with Gasteiger partial charge in [-0.3, -0.25) is 0 Å². The fourth-order valence-corrected chi connectivity index (χ4v) is 1.07. The van der Waals surface area contributed by atoms with Crippen LogP contribution in [-0.2, 0) is 4.74 Å². The Balaban J connectivity index is 0. The van der Waals surface area contributed by atoms with Gasteiger partial charge in [-0.25, -0.2) is 4.79 Å². The van der Waals surface area contributed by atoms with Crippen LogP contribution >= 0.6 is 0 Å². The van der Waals surface area contributed by atoms with Gasteiger partial charge in [-0.2, -0.15) is 0 Å². The van der Waals surface area contributed by atoms with Gasteiger partial charge in [0.15, 0.2) is 0 Å². The standard InChI is InChI=1S/C10H22O3.CH2O3/c1-3-5-7-9-13-10(11,12)8-6-4-2;2-1(3)4/h11-12H,3-9H2,1-2H3;(H2,2,3,4). The fourth-order valence-electron chi connectivity index (χ4n) is 1.07. The minimum absolute atomic E-state index is 0.301. The summed E-state index contributed by atoms with van der Waals surface area (Å²) < 4.78 is 4.94. The van der Waals surface area contributed by atoms with Crippen molar-refractivity contribution in [3.63, 3.8) is 0 Å². The summed E-state index contributed by atoms with van der Waals surface area (Å²) in [6, 6.07) is 0. The van der Waals surface area contributed by atoms with Crippen molar-refractivity contribution >= 4 is 6.16 Å². The van der Waals surface area contributed by atoms with Gasteiger partial charge >= 0.3 is 6.16 Å². The third-order valence-electron chi connectivity index (χ3n) is 1.94. The van der Waals surface area contributed by atoms with E-state index in [-0.39, 0.29) is 0 Å². The number of aliphatic hydroxyl groups is 2. The van der Waals surface area contributed by atoms with Crippen molar-refractivity contribution in [1.29, 1.82) is 0 Å². The molecule has 0 aliphatic rings. The lowest BCUT2D eigenvalue weighted by molar-refractivity contribution is -0.341. The van der Waals surface area contributed by atoms with Gasteiger partial charge < -0.3 is 25.2 Å². The molecule has 0 unspecified atom stereocenters. The Hall–Kier alpha value is -0.850. The van der Waals surface area contributed by atoms with Gasteiger partial charge in [0, 0.05) is 6.42 Å². The van der Waals surface area contributed by atoms with Crippen LogP contribution in [0.2, 0.25) is 0 Å². The molecule has 0 aromatic heterocycles. The van der Waals surface area contributed by atoms with Crippen LogP contribution in [0.3, 0.4) is 0 Å². The molecule has 0 fully saturated rings. The van der Waals surface area contributed by atoms with E-state index in [9.17, 15) is 10.2 Å². The second kappa shape index (κ2) is 11.6. The summed E-state index contributed by atoms with van der Waals surface area (Å²) in [5.41, 5.74) is 0. The van der Waals surface area contributed by atoms with Crippen molar-refractivity contribution in [3.05, 3.63) is 0 Å². The van der Waals surface area contributed by atoms with E-state index in [0.29, 0.717) is 13.0 Å². The Labute approximate surface area is 102 Å². The summed E-state index contributed by atoms with van der Waals surface area (Å²) in [6.07, 6.45) is 3.27. The molecule has 0 aliphatic carbocycles. The zero-order valence-corrected chi connectivity index (χ0v) is 10.6. The van der Waals surface area contributed by atoms with E-state index in [0.717, 1.165) is 32.1 Å². The lowest BCUT2D eigenvalue weighted by Gasteiger charge is -2.21. The fraction of sp³-hybridized carbons (Fsp3) is 0.909. The van der Waals surface area contributed by atoms with Crippen molar-refractivity contribution in [2.24, 2.45) is 0 Å². The molecule has 0 rings (SSSR count). The van der Waals surface area contributed by atoms with Crippen LogP contribution in [0.15, 0.2) is 0 Å². The van der Waals surface area contributed by atoms with Gasteiger partial charge in [0.1, 0.15) is 0 Å². The molecule has 6 heteroatoms. The van der Waals surface area contributed by atoms with E-state index in [1.807, 2.05) is 6.92 Å². The van der Waals surface area contributed by atoms with E-state index in [4.69, 9.17) is 19.7 Å². The molecular weight excluding hydrogens is 228 g/mol. The Morgan fingerprint density at radius 3 is 1.94 bits per heavy atom. The monoisotopic (exact) mass is 252 g/mol. The first-order chi connectivity index (χ1) is 7.85. The number of rotatable bonds is 8. The van der Waals surface area contributed by atoms with Gasteiger partial charge in [0.2, 0.25) is 0 Å². The van der Waals surface area contributed by atoms with Crippen molar-refractivity contribution in [2.45, 2.75) is 58.3 Å². The van der Waals surface area contributed by atoms with Gasteiger partial charge in [-0.05, 0) is 12.8 Å². The predicted molar refractivity (Wildman–Crippen MR) is 62.8 cm³/mol. The zero-order chi connectivity index (χ0) is 13.7. The summed E-state index contributed by atoms with van der Waals surface area (Å²) in [5.74, 6) is -1.90. The first kappa shape index (κ1) is 18.5. The highest BCUT2D eigenvalue weighted by molar-refractivity contribution is 5.53. The number of carboxylic acid groups (broad SMARTS) is 2. The Morgan fingerprint density at radius 2 is 1.53 bits per heavy atom. The summed E-state index contributed by atoms with van der Waals surface area (Å²) in [7, 11) is 0. The van der Waals surface area contributed by atoms with Gasteiger partial charge in [0.05, 0.1) is 6.61 Å². The summed E-state index contributed by atoms with van der Waals surface area (Å²) in [4.78, 5) is 8.56. The minimum Gasteiger partial charge on any atom is -0.450 e. The third-order valence-corrected chi connectivity index (χ3v) is 1.94. The first-order valence-electron chi connectivity index (χ1n) is 5.86. The topological polar surface area (TPSA) is 107 Å². The van der Waals surface area contributed by atoms with Crippen LogP contribution in [0.4, 0.5) is 4.79 Å². The number of unbranched alkanes of at least 4 members (excludes halogenated alkanes) is 3. The molecular formula is C11H24O6. The lowest BCUT2D eigenvalue weighted by atomic mass is 10.2. The van der Waals surface area contributed by atoms with Crippen LogP contribution in [0.5, 0.6) is 0 Å². The molecule has 4 N–H and O–H groups in total. The van der Waals surface area contributed by atoms with E-state index in [2.05, 4.69) is 6.92 Å². The normalized spacial score (nSPS) is 10.6. The first-order valence-corrected chi connectivity index (χ1v) is 5.86. The van der Waals surface area contributed by atoms with Crippen LogP contribution in [0.1, 0.15) is 52.4 Å². The summed E-state index contributed by atoms with van der Waals surface area (Å²) in [5, 5.41) is 32.5. The van der Waals surface area contributed by atoms with Crippen molar-refractivity contribution in [2.75, 3.05) is 6.61 Å². The highest BCUT2D eigenvalue weighted by atomic mass is 16.8. The van der Waals surface area contributed by atoms with E-state index in [1.54, 1.807) is 0 Å². The zero-order valence-electron chi connectivity index (χ0n) is 10.6. The molecule has 0 atom stereocenters. The third kappa shape index (κ3) is 21.1. The lowest BCUT2D eigenvalue weighted by Crippen LogP contribution is -2.32. The van der Waals surface area contributed by atoms with E-state index >= 15 is 0 Å². The average Bonchev–Trinajstić information content (AvgIpc) is 2.21. The number of carbonyl (C=O) groups is 1. The highest BCUT2D eigenvalue weighted by Crippen LogP contribution is 2.13. The van der Waals surface area contributed by atoms with Gasteiger partial charge in [-0.15, -0.1) is 0 Å². The maximum Gasteiger partial charge on any atom is 0.503 e. The largest absolute Gasteiger partial charge is 0.503 e. The number of ether oxygens (including phenoxy) is 1. The van der Waals surface area contributed by atoms with E-state index < -0.39 is 12.1 Å². The molecule has 0 aliphatic heterocycles. The molecule has 104 valence electrons. The molecule has 0 spiro atoms. The Kier molecular flexibility index (Phi) is 12.7. The predicted octanol–water partition coefficient (Wildman–Crippen LogP) is 2.24. The average molecular weight is 252 g/mol. The number of hydrogen-bond acceptors (Lipinski definition) is 4. The van der Waals surface area contributed by atoms with Crippen molar-refractivity contribution in [1.82, 2.24) is 0 Å². The Bertz CT molecular complexity index is 177. The van der Waals surface area contributed by atoms with Crippen molar-refractivity contribution in [3.8, 4) is 0 Å². The number of hydrogen-bond donors (Lipinski definition) is 4. The van der Waals surface area contributed by atoms with Crippen molar-refractivity contribution < 1.29 is 30.0 Å². The van der Waals surface area contributed by atoms with Gasteiger partial charge in [0.25, 0.3) is 5.97 Å². The molecule has 0 aromatic carbocycles.